The summed E-state index contributed by atoms with van der Waals surface area (Å²) in [6, 6.07) is 1.64. The van der Waals surface area contributed by atoms with Crippen molar-refractivity contribution in [2.45, 2.75) is 6.42 Å². The van der Waals surface area contributed by atoms with Gasteiger partial charge >= 0.3 is 0 Å². The van der Waals surface area contributed by atoms with Crippen molar-refractivity contribution in [2.75, 3.05) is 18.4 Å². The number of hydrogen-bond acceptors (Lipinski definition) is 3. The normalized spacial score (nSPS) is 17.7. The molecule has 116 valence electrons. The van der Waals surface area contributed by atoms with E-state index in [9.17, 15) is 9.59 Å². The van der Waals surface area contributed by atoms with Crippen molar-refractivity contribution < 1.29 is 9.59 Å². The molecule has 7 nitrogen and oxygen atoms in total. The summed E-state index contributed by atoms with van der Waals surface area (Å²) in [5.74, 6) is -0.413. The standard InChI is InChI=1S/C14H16ClN5O2/c1-19-8-10(15)4-12(19)14(22)20-3-2-9(7-20)13(21)18-11-5-16-17-6-11/h4-6,8-9H,2-3,7H2,1H3,(H,16,17)(H,18,21). The van der Waals surface area contributed by atoms with Crippen LogP contribution < -0.4 is 5.32 Å². The third kappa shape index (κ3) is 2.85. The summed E-state index contributed by atoms with van der Waals surface area (Å²) in [5, 5.41) is 9.72. The Labute approximate surface area is 132 Å². The summed E-state index contributed by atoms with van der Waals surface area (Å²) in [6.45, 7) is 0.969. The van der Waals surface area contributed by atoms with E-state index in [1.54, 1.807) is 41.2 Å². The number of likely N-dealkylation sites (tertiary alicyclic amines) is 1. The van der Waals surface area contributed by atoms with Crippen molar-refractivity contribution in [1.82, 2.24) is 19.7 Å². The molecule has 1 saturated heterocycles. The number of aromatic nitrogens is 3. The minimum Gasteiger partial charge on any atom is -0.345 e. The highest BCUT2D eigenvalue weighted by Gasteiger charge is 2.32. The number of rotatable bonds is 3. The summed E-state index contributed by atoms with van der Waals surface area (Å²) >= 11 is 5.91. The number of carbonyl (C=O) groups is 2. The van der Waals surface area contributed by atoms with Crippen molar-refractivity contribution in [3.63, 3.8) is 0 Å². The molecule has 2 amide bonds. The van der Waals surface area contributed by atoms with E-state index >= 15 is 0 Å². The minimum atomic E-state index is -0.213. The van der Waals surface area contributed by atoms with Gasteiger partial charge in [0.05, 0.1) is 22.8 Å². The molecular weight excluding hydrogens is 306 g/mol. The SMILES string of the molecule is Cn1cc(Cl)cc1C(=O)N1CCC(C(=O)Nc2cn[nH]c2)C1. The van der Waals surface area contributed by atoms with E-state index < -0.39 is 0 Å². The molecular formula is C14H16ClN5O2. The second kappa shape index (κ2) is 5.84. The molecule has 0 radical (unpaired) electrons. The number of hydrogen-bond donors (Lipinski definition) is 2. The number of nitrogens with one attached hydrogen (secondary N) is 2. The lowest BCUT2D eigenvalue weighted by molar-refractivity contribution is -0.119. The zero-order chi connectivity index (χ0) is 15.7. The van der Waals surface area contributed by atoms with Crippen LogP contribution in [0.25, 0.3) is 0 Å². The van der Waals surface area contributed by atoms with Crippen LogP contribution in [0.5, 0.6) is 0 Å². The van der Waals surface area contributed by atoms with Crippen molar-refractivity contribution in [3.8, 4) is 0 Å². The summed E-state index contributed by atoms with van der Waals surface area (Å²) in [7, 11) is 1.78. The average molecular weight is 322 g/mol. The number of aryl methyl sites for hydroxylation is 1. The Bertz CT molecular complexity index is 694. The van der Waals surface area contributed by atoms with Gasteiger partial charge in [0.1, 0.15) is 5.69 Å². The van der Waals surface area contributed by atoms with Crippen LogP contribution in [0.4, 0.5) is 5.69 Å². The Kier molecular flexibility index (Phi) is 3.89. The van der Waals surface area contributed by atoms with Crippen LogP contribution in [0.2, 0.25) is 5.02 Å². The molecule has 2 N–H and O–H groups in total. The lowest BCUT2D eigenvalue weighted by atomic mass is 10.1. The fourth-order valence-corrected chi connectivity index (χ4v) is 2.87. The molecule has 0 bridgehead atoms. The van der Waals surface area contributed by atoms with Gasteiger partial charge in [0, 0.05) is 32.5 Å². The Morgan fingerprint density at radius 1 is 1.50 bits per heavy atom. The lowest BCUT2D eigenvalue weighted by Crippen LogP contribution is -2.32. The smallest absolute Gasteiger partial charge is 0.270 e. The molecule has 0 saturated carbocycles. The molecule has 0 spiro atoms. The maximum absolute atomic E-state index is 12.5. The van der Waals surface area contributed by atoms with E-state index in [-0.39, 0.29) is 17.7 Å². The van der Waals surface area contributed by atoms with Crippen molar-refractivity contribution in [2.24, 2.45) is 13.0 Å². The van der Waals surface area contributed by atoms with Crippen molar-refractivity contribution in [1.29, 1.82) is 0 Å². The quantitative estimate of drug-likeness (QED) is 0.898. The van der Waals surface area contributed by atoms with Gasteiger partial charge in [-0.3, -0.25) is 14.7 Å². The first-order chi connectivity index (χ1) is 10.5. The predicted octanol–water partition coefficient (Wildman–Crippen LogP) is 1.50. The maximum Gasteiger partial charge on any atom is 0.270 e. The Balaban J connectivity index is 1.63. The van der Waals surface area contributed by atoms with E-state index in [4.69, 9.17) is 11.6 Å². The molecule has 1 atom stereocenters. The monoisotopic (exact) mass is 321 g/mol. The molecule has 3 heterocycles. The summed E-state index contributed by atoms with van der Waals surface area (Å²) in [6.07, 6.45) is 5.49. The van der Waals surface area contributed by atoms with Crippen LogP contribution in [0.1, 0.15) is 16.9 Å². The number of halogens is 1. The molecule has 1 aliphatic heterocycles. The van der Waals surface area contributed by atoms with E-state index in [0.29, 0.717) is 35.9 Å². The molecule has 2 aromatic heterocycles. The number of nitrogens with zero attached hydrogens (tertiary/aromatic N) is 3. The number of anilines is 1. The molecule has 0 aromatic carbocycles. The second-order valence-corrected chi connectivity index (χ2v) is 5.80. The van der Waals surface area contributed by atoms with Gasteiger partial charge in [-0.05, 0) is 12.5 Å². The zero-order valence-corrected chi connectivity index (χ0v) is 12.8. The van der Waals surface area contributed by atoms with Crippen LogP contribution >= 0.6 is 11.6 Å². The summed E-state index contributed by atoms with van der Waals surface area (Å²) in [4.78, 5) is 26.3. The summed E-state index contributed by atoms with van der Waals surface area (Å²) in [5.41, 5.74) is 1.16. The van der Waals surface area contributed by atoms with Gasteiger partial charge in [-0.2, -0.15) is 5.10 Å². The Morgan fingerprint density at radius 3 is 2.95 bits per heavy atom. The topological polar surface area (TPSA) is 83.0 Å². The first-order valence-corrected chi connectivity index (χ1v) is 7.33. The molecule has 22 heavy (non-hydrogen) atoms. The van der Waals surface area contributed by atoms with E-state index in [0.717, 1.165) is 0 Å². The lowest BCUT2D eigenvalue weighted by Gasteiger charge is -2.16. The fraction of sp³-hybridized carbons (Fsp3) is 0.357. The highest BCUT2D eigenvalue weighted by Crippen LogP contribution is 2.22. The molecule has 8 heteroatoms. The van der Waals surface area contributed by atoms with Gasteiger partial charge in [0.2, 0.25) is 5.91 Å². The van der Waals surface area contributed by atoms with Crippen LogP contribution in [-0.2, 0) is 11.8 Å². The minimum absolute atomic E-state index is 0.0957. The van der Waals surface area contributed by atoms with Gasteiger partial charge in [0.15, 0.2) is 0 Å². The number of H-pyrrole nitrogens is 1. The number of amides is 2. The second-order valence-electron chi connectivity index (χ2n) is 5.37. The van der Waals surface area contributed by atoms with Crippen molar-refractivity contribution >= 4 is 29.1 Å². The van der Waals surface area contributed by atoms with Gasteiger partial charge in [-0.1, -0.05) is 11.6 Å². The molecule has 1 unspecified atom stereocenters. The predicted molar refractivity (Wildman–Crippen MR) is 81.7 cm³/mol. The van der Waals surface area contributed by atoms with Gasteiger partial charge in [-0.25, -0.2) is 0 Å². The van der Waals surface area contributed by atoms with Crippen LogP contribution in [0.3, 0.4) is 0 Å². The van der Waals surface area contributed by atoms with Crippen LogP contribution in [0.15, 0.2) is 24.7 Å². The van der Waals surface area contributed by atoms with E-state index in [2.05, 4.69) is 15.5 Å². The molecule has 3 rings (SSSR count). The fourth-order valence-electron chi connectivity index (χ4n) is 2.62. The molecule has 1 aliphatic rings. The zero-order valence-electron chi connectivity index (χ0n) is 12.0. The van der Waals surface area contributed by atoms with E-state index in [1.165, 1.54) is 0 Å². The highest BCUT2D eigenvalue weighted by atomic mass is 35.5. The third-order valence-corrected chi connectivity index (χ3v) is 4.01. The molecule has 0 aliphatic carbocycles. The Morgan fingerprint density at radius 2 is 2.32 bits per heavy atom. The highest BCUT2D eigenvalue weighted by molar-refractivity contribution is 6.31. The number of carbonyl (C=O) groups excluding carboxylic acids is 2. The third-order valence-electron chi connectivity index (χ3n) is 3.80. The average Bonchev–Trinajstić information content (AvgIpc) is 3.18. The van der Waals surface area contributed by atoms with Crippen molar-refractivity contribution in [3.05, 3.63) is 35.4 Å². The van der Waals surface area contributed by atoms with Gasteiger partial charge < -0.3 is 14.8 Å². The number of aromatic amines is 1. The largest absolute Gasteiger partial charge is 0.345 e. The van der Waals surface area contributed by atoms with E-state index in [1.807, 2.05) is 0 Å². The summed E-state index contributed by atoms with van der Waals surface area (Å²) < 4.78 is 1.70. The van der Waals surface area contributed by atoms with Gasteiger partial charge in [-0.15, -0.1) is 0 Å². The Hall–Kier alpha value is -2.28. The van der Waals surface area contributed by atoms with Crippen LogP contribution in [0, 0.1) is 5.92 Å². The molecule has 1 fully saturated rings. The maximum atomic E-state index is 12.5. The van der Waals surface area contributed by atoms with Crippen LogP contribution in [-0.4, -0.2) is 44.6 Å². The first-order valence-electron chi connectivity index (χ1n) is 6.95. The van der Waals surface area contributed by atoms with Gasteiger partial charge in [0.25, 0.3) is 5.91 Å². The first kappa shape index (κ1) is 14.6. The molecule has 2 aromatic rings.